The molecule has 0 saturated heterocycles. The van der Waals surface area contributed by atoms with Crippen molar-refractivity contribution in [3.05, 3.63) is 12.2 Å². The summed E-state index contributed by atoms with van der Waals surface area (Å²) in [6.45, 7) is 6.39. The molecule has 0 aromatic heterocycles. The molecule has 1 atom stereocenters. The number of aliphatic hydroxyl groups excluding tert-OH is 1. The Morgan fingerprint density at radius 2 is 1.62 bits per heavy atom. The Labute approximate surface area is 149 Å². The van der Waals surface area contributed by atoms with Crippen LogP contribution in [0.1, 0.15) is 84.5 Å². The topological polar surface area (TPSA) is 41.8 Å². The van der Waals surface area contributed by atoms with Gasteiger partial charge in [-0.05, 0) is 18.3 Å². The van der Waals surface area contributed by atoms with Crippen molar-refractivity contribution in [1.82, 2.24) is 0 Å². The monoisotopic (exact) mass is 337 g/mol. The van der Waals surface area contributed by atoms with E-state index in [1.54, 1.807) is 0 Å². The predicted octanol–water partition coefficient (Wildman–Crippen LogP) is 5.53. The number of nitrogens with zero attached hydrogens (tertiary/aromatic N) is 1. The van der Waals surface area contributed by atoms with Crippen LogP contribution in [-0.4, -0.2) is 30.8 Å². The van der Waals surface area contributed by atoms with Crippen LogP contribution >= 0.6 is 0 Å². The second-order valence-corrected chi connectivity index (χ2v) is 7.50. The van der Waals surface area contributed by atoms with Gasteiger partial charge >= 0.3 is 0 Å². The molecule has 0 spiro atoms. The Hall–Kier alpha value is -0.830. The van der Waals surface area contributed by atoms with Crippen molar-refractivity contribution in [2.24, 2.45) is 16.8 Å². The third kappa shape index (κ3) is 11.7. The first kappa shape index (κ1) is 21.2. The molecule has 0 amide bonds. The first-order valence-corrected chi connectivity index (χ1v) is 10.2. The SMILES string of the molecule is CC(C)CCCCCCCCCCC(C=CCC1=NCCO1)CO. The first-order valence-electron chi connectivity index (χ1n) is 10.2. The van der Waals surface area contributed by atoms with Gasteiger partial charge in [0.1, 0.15) is 6.61 Å². The van der Waals surface area contributed by atoms with E-state index < -0.39 is 0 Å². The molecule has 3 heteroatoms. The summed E-state index contributed by atoms with van der Waals surface area (Å²) in [6.07, 6.45) is 18.3. The van der Waals surface area contributed by atoms with Crippen molar-refractivity contribution in [3.63, 3.8) is 0 Å². The van der Waals surface area contributed by atoms with Gasteiger partial charge in [0.25, 0.3) is 0 Å². The van der Waals surface area contributed by atoms with Crippen LogP contribution in [0.2, 0.25) is 0 Å². The van der Waals surface area contributed by atoms with Crippen LogP contribution in [0.25, 0.3) is 0 Å². The summed E-state index contributed by atoms with van der Waals surface area (Å²) < 4.78 is 5.38. The summed E-state index contributed by atoms with van der Waals surface area (Å²) >= 11 is 0. The standard InChI is InChI=1S/C21H39NO2/c1-19(2)12-9-7-5-3-4-6-8-10-13-20(18-23)14-11-15-21-22-16-17-24-21/h11,14,19-20,23H,3-10,12-13,15-18H2,1-2H3. The molecular weight excluding hydrogens is 298 g/mol. The van der Waals surface area contributed by atoms with E-state index in [4.69, 9.17) is 4.74 Å². The number of hydrogen-bond acceptors (Lipinski definition) is 3. The van der Waals surface area contributed by atoms with Crippen molar-refractivity contribution >= 4 is 5.90 Å². The quantitative estimate of drug-likeness (QED) is 0.315. The minimum absolute atomic E-state index is 0.250. The van der Waals surface area contributed by atoms with E-state index in [0.717, 1.165) is 37.8 Å². The Balaban J connectivity index is 1.91. The van der Waals surface area contributed by atoms with Crippen LogP contribution in [0.5, 0.6) is 0 Å². The van der Waals surface area contributed by atoms with Gasteiger partial charge in [0, 0.05) is 13.0 Å². The van der Waals surface area contributed by atoms with E-state index >= 15 is 0 Å². The normalized spacial score (nSPS) is 15.9. The highest BCUT2D eigenvalue weighted by molar-refractivity contribution is 5.78. The molecule has 0 aliphatic carbocycles. The van der Waals surface area contributed by atoms with Crippen LogP contribution in [0.15, 0.2) is 17.1 Å². The summed E-state index contributed by atoms with van der Waals surface area (Å²) in [5, 5.41) is 9.47. The molecule has 24 heavy (non-hydrogen) atoms. The van der Waals surface area contributed by atoms with Crippen LogP contribution in [0.3, 0.4) is 0 Å². The average molecular weight is 338 g/mol. The van der Waals surface area contributed by atoms with Gasteiger partial charge in [-0.1, -0.05) is 83.8 Å². The number of unbranched alkanes of at least 4 members (excludes halogenated alkanes) is 7. The number of hydrogen-bond donors (Lipinski definition) is 1. The van der Waals surface area contributed by atoms with Crippen molar-refractivity contribution < 1.29 is 9.84 Å². The van der Waals surface area contributed by atoms with Gasteiger partial charge in [0.15, 0.2) is 5.90 Å². The van der Waals surface area contributed by atoms with E-state index in [1.807, 2.05) is 0 Å². The molecule has 0 bridgehead atoms. The summed E-state index contributed by atoms with van der Waals surface area (Å²) in [5.41, 5.74) is 0. The molecule has 0 fully saturated rings. The van der Waals surface area contributed by atoms with E-state index in [2.05, 4.69) is 31.0 Å². The molecular formula is C21H39NO2. The molecule has 0 aromatic carbocycles. The van der Waals surface area contributed by atoms with Crippen LogP contribution in [0, 0.1) is 11.8 Å². The zero-order chi connectivity index (χ0) is 17.5. The smallest absolute Gasteiger partial charge is 0.187 e. The van der Waals surface area contributed by atoms with E-state index in [1.165, 1.54) is 57.8 Å². The number of aliphatic imine (C=N–C) groups is 1. The number of ether oxygens (including phenoxy) is 1. The average Bonchev–Trinajstić information content (AvgIpc) is 3.08. The summed E-state index contributed by atoms with van der Waals surface area (Å²) in [7, 11) is 0. The molecule has 1 aliphatic rings. The molecule has 1 unspecified atom stereocenters. The molecule has 0 saturated carbocycles. The Morgan fingerprint density at radius 3 is 2.17 bits per heavy atom. The highest BCUT2D eigenvalue weighted by Gasteiger charge is 2.06. The lowest BCUT2D eigenvalue weighted by Gasteiger charge is -2.09. The van der Waals surface area contributed by atoms with Gasteiger partial charge in [0.2, 0.25) is 0 Å². The van der Waals surface area contributed by atoms with Gasteiger partial charge in [-0.3, -0.25) is 4.99 Å². The first-order chi connectivity index (χ1) is 11.7. The van der Waals surface area contributed by atoms with Gasteiger partial charge in [-0.25, -0.2) is 0 Å². The van der Waals surface area contributed by atoms with E-state index in [9.17, 15) is 5.11 Å². The van der Waals surface area contributed by atoms with Crippen LogP contribution in [0.4, 0.5) is 0 Å². The fourth-order valence-electron chi connectivity index (χ4n) is 3.13. The second-order valence-electron chi connectivity index (χ2n) is 7.50. The summed E-state index contributed by atoms with van der Waals surface area (Å²) in [4.78, 5) is 4.27. The summed E-state index contributed by atoms with van der Waals surface area (Å²) in [6, 6.07) is 0. The second kappa shape index (κ2) is 14.5. The minimum Gasteiger partial charge on any atom is -0.479 e. The van der Waals surface area contributed by atoms with Crippen molar-refractivity contribution in [2.45, 2.75) is 84.5 Å². The molecule has 0 radical (unpaired) electrons. The molecule has 0 aromatic rings. The largest absolute Gasteiger partial charge is 0.479 e. The maximum absolute atomic E-state index is 9.47. The zero-order valence-corrected chi connectivity index (χ0v) is 16.0. The van der Waals surface area contributed by atoms with Crippen molar-refractivity contribution in [3.8, 4) is 0 Å². The molecule has 1 N–H and O–H groups in total. The Morgan fingerprint density at radius 1 is 1.00 bits per heavy atom. The van der Waals surface area contributed by atoms with Gasteiger partial charge < -0.3 is 9.84 Å². The Kier molecular flexibility index (Phi) is 12.8. The zero-order valence-electron chi connectivity index (χ0n) is 16.0. The van der Waals surface area contributed by atoms with Crippen LogP contribution in [-0.2, 0) is 4.74 Å². The lowest BCUT2D eigenvalue weighted by atomic mass is 9.99. The highest BCUT2D eigenvalue weighted by atomic mass is 16.5. The van der Waals surface area contributed by atoms with Gasteiger partial charge in [0.05, 0.1) is 6.54 Å². The fraction of sp³-hybridized carbons (Fsp3) is 0.857. The molecule has 3 nitrogen and oxygen atoms in total. The molecule has 140 valence electrons. The lowest BCUT2D eigenvalue weighted by Crippen LogP contribution is -2.03. The van der Waals surface area contributed by atoms with E-state index in [-0.39, 0.29) is 6.61 Å². The third-order valence-electron chi connectivity index (χ3n) is 4.69. The molecule has 1 heterocycles. The van der Waals surface area contributed by atoms with Crippen LogP contribution < -0.4 is 0 Å². The number of aliphatic hydroxyl groups is 1. The number of rotatable bonds is 15. The minimum atomic E-state index is 0.250. The molecule has 1 aliphatic heterocycles. The maximum atomic E-state index is 9.47. The van der Waals surface area contributed by atoms with E-state index in [0.29, 0.717) is 5.92 Å². The lowest BCUT2D eigenvalue weighted by molar-refractivity contribution is 0.243. The molecule has 1 rings (SSSR count). The summed E-state index contributed by atoms with van der Waals surface area (Å²) in [5.74, 6) is 2.00. The van der Waals surface area contributed by atoms with Gasteiger partial charge in [-0.15, -0.1) is 0 Å². The van der Waals surface area contributed by atoms with Gasteiger partial charge in [-0.2, -0.15) is 0 Å². The fourth-order valence-corrected chi connectivity index (χ4v) is 3.13. The van der Waals surface area contributed by atoms with Crippen molar-refractivity contribution in [2.75, 3.05) is 19.8 Å². The maximum Gasteiger partial charge on any atom is 0.187 e. The highest BCUT2D eigenvalue weighted by Crippen LogP contribution is 2.15. The predicted molar refractivity (Wildman–Crippen MR) is 104 cm³/mol. The Bertz CT molecular complexity index is 350. The van der Waals surface area contributed by atoms with Crippen molar-refractivity contribution in [1.29, 1.82) is 0 Å². The third-order valence-corrected chi connectivity index (χ3v) is 4.69.